The highest BCUT2D eigenvalue weighted by molar-refractivity contribution is 5.84. The molecule has 1 atom stereocenters. The maximum absolute atomic E-state index is 12.6. The molecule has 1 aromatic rings. The molecule has 228 valence electrons. The van der Waals surface area contributed by atoms with E-state index in [1.807, 2.05) is 23.1 Å². The van der Waals surface area contributed by atoms with Crippen molar-refractivity contribution in [3.05, 3.63) is 29.3 Å². The van der Waals surface area contributed by atoms with Gasteiger partial charge in [-0.25, -0.2) is 0 Å². The summed E-state index contributed by atoms with van der Waals surface area (Å²) in [5, 5.41) is 15.1. The average molecular weight is 573 g/mol. The zero-order valence-electron chi connectivity index (χ0n) is 25.0. The Bertz CT molecular complexity index is 1050. The van der Waals surface area contributed by atoms with Gasteiger partial charge in [0.15, 0.2) is 6.61 Å². The molecule has 4 amide bonds. The molecule has 0 radical (unpaired) electrons. The van der Waals surface area contributed by atoms with Crippen LogP contribution in [-0.4, -0.2) is 84.0 Å². The molecule has 0 aromatic heterocycles. The minimum absolute atomic E-state index is 0.0152. The van der Waals surface area contributed by atoms with Gasteiger partial charge in [0.05, 0.1) is 12.6 Å². The van der Waals surface area contributed by atoms with Crippen LogP contribution in [0.2, 0.25) is 0 Å². The Morgan fingerprint density at radius 1 is 0.927 bits per heavy atom. The van der Waals surface area contributed by atoms with Crippen LogP contribution in [0.25, 0.3) is 0 Å². The van der Waals surface area contributed by atoms with Crippen LogP contribution in [0.1, 0.15) is 83.3 Å². The first-order chi connectivity index (χ1) is 19.5. The third kappa shape index (κ3) is 11.7. The molecule has 1 aromatic carbocycles. The van der Waals surface area contributed by atoms with E-state index in [0.29, 0.717) is 51.2 Å². The van der Waals surface area contributed by atoms with Crippen molar-refractivity contribution in [2.75, 3.05) is 39.3 Å². The van der Waals surface area contributed by atoms with Crippen molar-refractivity contribution in [2.45, 2.75) is 91.2 Å². The average Bonchev–Trinajstić information content (AvgIpc) is 3.36. The van der Waals surface area contributed by atoms with Gasteiger partial charge >= 0.3 is 0 Å². The van der Waals surface area contributed by atoms with E-state index in [4.69, 9.17) is 4.74 Å². The molecule has 0 unspecified atom stereocenters. The van der Waals surface area contributed by atoms with Crippen LogP contribution in [-0.2, 0) is 32.1 Å². The minimum Gasteiger partial charge on any atom is -0.484 e. The Kier molecular flexibility index (Phi) is 12.4. The van der Waals surface area contributed by atoms with Crippen LogP contribution in [0, 0.1) is 5.41 Å². The second-order valence-corrected chi connectivity index (χ2v) is 12.4. The van der Waals surface area contributed by atoms with Crippen molar-refractivity contribution >= 4 is 23.6 Å². The third-order valence-electron chi connectivity index (χ3n) is 7.45. The Morgan fingerprint density at radius 2 is 1.68 bits per heavy atom. The van der Waals surface area contributed by atoms with Crippen molar-refractivity contribution in [2.24, 2.45) is 5.41 Å². The van der Waals surface area contributed by atoms with E-state index in [2.05, 4.69) is 31.4 Å². The van der Waals surface area contributed by atoms with Gasteiger partial charge in [-0.3, -0.25) is 19.2 Å². The molecule has 10 nitrogen and oxygen atoms in total. The summed E-state index contributed by atoms with van der Waals surface area (Å²) in [7, 11) is 0. The number of β-amino-alcohol motifs (C(OH)–C–C–N with tert-alkyl or cyclic N) is 1. The number of aliphatic hydroxyl groups excluding tert-OH is 1. The van der Waals surface area contributed by atoms with Gasteiger partial charge in [-0.2, -0.15) is 0 Å². The van der Waals surface area contributed by atoms with Gasteiger partial charge in [-0.1, -0.05) is 46.1 Å². The first-order valence-electron chi connectivity index (χ1n) is 15.0. The standard InChI is InChI=1S/C31H48N4O6/c1-31(2,3)18-29(39)34-15-12-23-10-11-26(17-24(23)20-34)41-22-28(38)32-14-8-6-4-5-7-9-27(37)33-19-30(40)35-16-13-25(36)21-35/h10-11,17,25,36H,4-9,12-16,18-22H2,1-3H3,(H,32,38)(H,33,37)/t25-/m1/s1. The second kappa shape index (κ2) is 15.7. The summed E-state index contributed by atoms with van der Waals surface area (Å²) in [6.07, 6.45) is 6.30. The molecule has 3 rings (SSSR count). The van der Waals surface area contributed by atoms with Gasteiger partial charge in [0.25, 0.3) is 5.91 Å². The zero-order valence-corrected chi connectivity index (χ0v) is 25.0. The number of aliphatic hydroxyl groups is 1. The summed E-state index contributed by atoms with van der Waals surface area (Å²) >= 11 is 0. The van der Waals surface area contributed by atoms with Crippen molar-refractivity contribution < 1.29 is 29.0 Å². The van der Waals surface area contributed by atoms with E-state index >= 15 is 0 Å². The lowest BCUT2D eigenvalue weighted by Crippen LogP contribution is -2.39. The molecule has 0 aliphatic carbocycles. The van der Waals surface area contributed by atoms with Crippen LogP contribution < -0.4 is 15.4 Å². The van der Waals surface area contributed by atoms with Gasteiger partial charge < -0.3 is 30.3 Å². The number of nitrogens with one attached hydrogen (secondary N) is 2. The minimum atomic E-state index is -0.457. The Labute approximate surface area is 244 Å². The predicted octanol–water partition coefficient (Wildman–Crippen LogP) is 2.55. The van der Waals surface area contributed by atoms with Crippen molar-refractivity contribution in [3.63, 3.8) is 0 Å². The monoisotopic (exact) mass is 572 g/mol. The number of benzene rings is 1. The number of carbonyl (C=O) groups excluding carboxylic acids is 4. The summed E-state index contributed by atoms with van der Waals surface area (Å²) in [5.41, 5.74) is 2.25. The molecule has 2 heterocycles. The molecular formula is C31H48N4O6. The van der Waals surface area contributed by atoms with Gasteiger partial charge in [-0.15, -0.1) is 0 Å². The number of carbonyl (C=O) groups is 4. The molecule has 0 saturated carbocycles. The van der Waals surface area contributed by atoms with Crippen LogP contribution in [0.3, 0.4) is 0 Å². The molecule has 2 aliphatic heterocycles. The Morgan fingerprint density at radius 3 is 2.41 bits per heavy atom. The second-order valence-electron chi connectivity index (χ2n) is 12.4. The molecule has 2 aliphatic rings. The van der Waals surface area contributed by atoms with Crippen molar-refractivity contribution in [1.82, 2.24) is 20.4 Å². The van der Waals surface area contributed by atoms with E-state index in [1.165, 1.54) is 5.56 Å². The number of unbranched alkanes of at least 4 members (excludes halogenated alkanes) is 4. The third-order valence-corrected chi connectivity index (χ3v) is 7.45. The fourth-order valence-electron chi connectivity index (χ4n) is 5.11. The highest BCUT2D eigenvalue weighted by Crippen LogP contribution is 2.26. The molecule has 10 heteroatoms. The van der Waals surface area contributed by atoms with Gasteiger partial charge in [0, 0.05) is 45.6 Å². The van der Waals surface area contributed by atoms with E-state index in [1.54, 1.807) is 4.90 Å². The fraction of sp³-hybridized carbons (Fsp3) is 0.677. The number of nitrogens with zero attached hydrogens (tertiary/aromatic N) is 2. The van der Waals surface area contributed by atoms with E-state index in [9.17, 15) is 24.3 Å². The first-order valence-corrected chi connectivity index (χ1v) is 15.0. The highest BCUT2D eigenvalue weighted by atomic mass is 16.5. The molecule has 41 heavy (non-hydrogen) atoms. The number of fused-ring (bicyclic) bond motifs is 1. The molecule has 3 N–H and O–H groups in total. The van der Waals surface area contributed by atoms with Gasteiger partial charge in [0.2, 0.25) is 17.7 Å². The molecule has 1 fully saturated rings. The lowest BCUT2D eigenvalue weighted by atomic mass is 9.90. The first kappa shape index (κ1) is 32.4. The topological polar surface area (TPSA) is 128 Å². The van der Waals surface area contributed by atoms with Gasteiger partial charge in [-0.05, 0) is 54.4 Å². The Balaban J connectivity index is 1.21. The summed E-state index contributed by atoms with van der Waals surface area (Å²) in [6.45, 7) is 8.90. The number of hydrogen-bond acceptors (Lipinski definition) is 6. The highest BCUT2D eigenvalue weighted by Gasteiger charge is 2.26. The maximum atomic E-state index is 12.6. The predicted molar refractivity (Wildman–Crippen MR) is 156 cm³/mol. The number of ether oxygens (including phenoxy) is 1. The number of amides is 4. The molecular weight excluding hydrogens is 524 g/mol. The van der Waals surface area contributed by atoms with Crippen LogP contribution >= 0.6 is 0 Å². The number of rotatable bonds is 14. The summed E-state index contributed by atoms with van der Waals surface area (Å²) in [6, 6.07) is 5.85. The lowest BCUT2D eigenvalue weighted by Gasteiger charge is -2.31. The van der Waals surface area contributed by atoms with Crippen LogP contribution in [0.5, 0.6) is 5.75 Å². The number of likely N-dealkylation sites (tertiary alicyclic amines) is 1. The summed E-state index contributed by atoms with van der Waals surface area (Å²) in [4.78, 5) is 52.3. The normalized spacial score (nSPS) is 16.7. The quantitative estimate of drug-likeness (QED) is 0.294. The van der Waals surface area contributed by atoms with Crippen molar-refractivity contribution in [1.29, 1.82) is 0 Å². The molecule has 0 bridgehead atoms. The lowest BCUT2D eigenvalue weighted by molar-refractivity contribution is -0.134. The SMILES string of the molecule is CC(C)(C)CC(=O)N1CCc2ccc(OCC(=O)NCCCCCCCC(=O)NCC(=O)N3CC[C@@H](O)C3)cc2C1. The fourth-order valence-corrected chi connectivity index (χ4v) is 5.11. The summed E-state index contributed by atoms with van der Waals surface area (Å²) in [5.74, 6) is 0.353. The largest absolute Gasteiger partial charge is 0.484 e. The van der Waals surface area contributed by atoms with E-state index in [0.717, 1.165) is 50.6 Å². The Hall–Kier alpha value is -3.14. The number of hydrogen-bond donors (Lipinski definition) is 3. The van der Waals surface area contributed by atoms with Gasteiger partial charge in [0.1, 0.15) is 5.75 Å². The molecule has 1 saturated heterocycles. The van der Waals surface area contributed by atoms with E-state index in [-0.39, 0.29) is 42.2 Å². The van der Waals surface area contributed by atoms with E-state index < -0.39 is 6.10 Å². The molecule has 0 spiro atoms. The maximum Gasteiger partial charge on any atom is 0.257 e. The van der Waals surface area contributed by atoms with Crippen LogP contribution in [0.4, 0.5) is 0 Å². The van der Waals surface area contributed by atoms with Crippen molar-refractivity contribution in [3.8, 4) is 5.75 Å². The zero-order chi connectivity index (χ0) is 29.8. The van der Waals surface area contributed by atoms with Crippen LogP contribution in [0.15, 0.2) is 18.2 Å². The summed E-state index contributed by atoms with van der Waals surface area (Å²) < 4.78 is 5.72. The smallest absolute Gasteiger partial charge is 0.257 e.